The van der Waals surface area contributed by atoms with Gasteiger partial charge in [-0.05, 0) is 25.8 Å². The van der Waals surface area contributed by atoms with E-state index in [4.69, 9.17) is 5.73 Å². The fourth-order valence-corrected chi connectivity index (χ4v) is 3.21. The lowest BCUT2D eigenvalue weighted by Gasteiger charge is -2.22. The average Bonchev–Trinajstić information content (AvgIpc) is 2.88. The van der Waals surface area contributed by atoms with Crippen molar-refractivity contribution in [3.8, 4) is 0 Å². The van der Waals surface area contributed by atoms with Gasteiger partial charge >= 0.3 is 0 Å². The molecule has 28 heavy (non-hydrogen) atoms. The van der Waals surface area contributed by atoms with Crippen molar-refractivity contribution in [2.24, 2.45) is 16.6 Å². The highest BCUT2D eigenvalue weighted by Crippen LogP contribution is 2.28. The summed E-state index contributed by atoms with van der Waals surface area (Å²) < 4.78 is 13.3. The number of hydrogen-bond donors (Lipinski definition) is 2. The van der Waals surface area contributed by atoms with E-state index in [9.17, 15) is 9.18 Å². The van der Waals surface area contributed by atoms with Gasteiger partial charge in [0.05, 0.1) is 22.8 Å². The standard InChI is InChI=1S/C21H24FN5O/c1-3-4-16-12-25-20(13(2)26-16)21(28)27-18-11-15(5-7-17(18)23)14-6-8-19(22)24-10-9-14/h6-8,10-12,15H,3-5,9,23H2,1-2H3,(H,27,28). The fraction of sp³-hybridized carbons (Fsp3) is 0.333. The van der Waals surface area contributed by atoms with Gasteiger partial charge in [0.1, 0.15) is 5.69 Å². The van der Waals surface area contributed by atoms with Crippen LogP contribution in [0.15, 0.2) is 58.4 Å². The Bertz CT molecular complexity index is 927. The summed E-state index contributed by atoms with van der Waals surface area (Å²) in [4.78, 5) is 25.1. The number of carbonyl (C=O) groups excluding carboxylic acids is 1. The van der Waals surface area contributed by atoms with E-state index in [1.165, 1.54) is 6.08 Å². The van der Waals surface area contributed by atoms with Crippen molar-refractivity contribution in [1.82, 2.24) is 15.3 Å². The molecule has 1 aromatic rings. The van der Waals surface area contributed by atoms with Crippen LogP contribution in [-0.4, -0.2) is 22.1 Å². The van der Waals surface area contributed by atoms with Crippen LogP contribution < -0.4 is 11.1 Å². The normalized spacial score (nSPS) is 19.2. The largest absolute Gasteiger partial charge is 0.397 e. The molecule has 0 fully saturated rings. The molecular weight excluding hydrogens is 357 g/mol. The number of nitrogens with two attached hydrogens (primary N) is 1. The lowest BCUT2D eigenvalue weighted by molar-refractivity contribution is 0.0960. The van der Waals surface area contributed by atoms with E-state index >= 15 is 0 Å². The molecular formula is C21H24FN5O. The average molecular weight is 381 g/mol. The second kappa shape index (κ2) is 8.73. The molecule has 0 aromatic carbocycles. The summed E-state index contributed by atoms with van der Waals surface area (Å²) in [6.45, 7) is 3.84. The summed E-state index contributed by atoms with van der Waals surface area (Å²) in [5, 5.41) is 2.85. The first-order chi connectivity index (χ1) is 13.5. The van der Waals surface area contributed by atoms with Crippen molar-refractivity contribution in [3.05, 3.63) is 70.5 Å². The van der Waals surface area contributed by atoms with Crippen LogP contribution in [0.4, 0.5) is 4.39 Å². The van der Waals surface area contributed by atoms with Crippen LogP contribution >= 0.6 is 0 Å². The summed E-state index contributed by atoms with van der Waals surface area (Å²) in [5.41, 5.74) is 9.85. The third kappa shape index (κ3) is 4.60. The Morgan fingerprint density at radius 1 is 1.39 bits per heavy atom. The molecule has 146 valence electrons. The molecule has 0 bridgehead atoms. The van der Waals surface area contributed by atoms with Gasteiger partial charge in [0.15, 0.2) is 0 Å². The topological polar surface area (TPSA) is 93.3 Å². The third-order valence-corrected chi connectivity index (χ3v) is 4.69. The number of carbonyl (C=O) groups is 1. The minimum atomic E-state index is -0.515. The molecule has 2 aliphatic rings. The van der Waals surface area contributed by atoms with E-state index in [0.717, 1.165) is 24.1 Å². The van der Waals surface area contributed by atoms with Crippen LogP contribution in [0.25, 0.3) is 0 Å². The van der Waals surface area contributed by atoms with E-state index < -0.39 is 5.95 Å². The number of aryl methyl sites for hydroxylation is 2. The molecule has 0 saturated carbocycles. The number of nitrogens with one attached hydrogen (secondary N) is 1. The molecule has 3 rings (SSSR count). The molecule has 1 aliphatic heterocycles. The summed E-state index contributed by atoms with van der Waals surface area (Å²) in [7, 11) is 0. The molecule has 3 N–H and O–H groups in total. The van der Waals surface area contributed by atoms with Crippen molar-refractivity contribution in [2.75, 3.05) is 0 Å². The number of allylic oxidation sites excluding steroid dienone is 5. The van der Waals surface area contributed by atoms with Crippen molar-refractivity contribution in [3.63, 3.8) is 0 Å². The van der Waals surface area contributed by atoms with Crippen molar-refractivity contribution in [2.45, 2.75) is 39.5 Å². The maximum absolute atomic E-state index is 13.3. The Balaban J connectivity index is 1.78. The highest BCUT2D eigenvalue weighted by Gasteiger charge is 2.21. The van der Waals surface area contributed by atoms with Gasteiger partial charge in [0.2, 0.25) is 5.95 Å². The number of rotatable bonds is 5. The maximum Gasteiger partial charge on any atom is 0.276 e. The van der Waals surface area contributed by atoms with E-state index in [0.29, 0.717) is 29.9 Å². The first-order valence-corrected chi connectivity index (χ1v) is 9.38. The predicted octanol–water partition coefficient (Wildman–Crippen LogP) is 3.43. The van der Waals surface area contributed by atoms with Gasteiger partial charge in [0.25, 0.3) is 5.91 Å². The van der Waals surface area contributed by atoms with Crippen LogP contribution in [0, 0.1) is 12.8 Å². The molecule has 1 unspecified atom stereocenters. The van der Waals surface area contributed by atoms with Gasteiger partial charge in [-0.2, -0.15) is 4.39 Å². The SMILES string of the molecule is CCCc1cnc(C(=O)NC2=CC(C3=CC=C(F)N=CC3)CC=C2N)c(C)n1. The summed E-state index contributed by atoms with van der Waals surface area (Å²) in [5.74, 6) is -0.854. The highest BCUT2D eigenvalue weighted by atomic mass is 19.1. The number of aliphatic imine (C=N–C) groups is 1. The van der Waals surface area contributed by atoms with Gasteiger partial charge in [-0.25, -0.2) is 9.98 Å². The minimum absolute atomic E-state index is 0.00955. The van der Waals surface area contributed by atoms with E-state index in [2.05, 4.69) is 27.2 Å². The van der Waals surface area contributed by atoms with Crippen molar-refractivity contribution < 1.29 is 9.18 Å². The predicted molar refractivity (Wildman–Crippen MR) is 107 cm³/mol. The molecule has 1 aliphatic carbocycles. The van der Waals surface area contributed by atoms with Crippen LogP contribution in [0.2, 0.25) is 0 Å². The van der Waals surface area contributed by atoms with Crippen LogP contribution in [-0.2, 0) is 6.42 Å². The molecule has 1 aromatic heterocycles. The molecule has 1 atom stereocenters. The maximum atomic E-state index is 13.3. The molecule has 0 spiro atoms. The fourth-order valence-electron chi connectivity index (χ4n) is 3.21. The summed E-state index contributed by atoms with van der Waals surface area (Å²) in [6.07, 6.45) is 13.1. The molecule has 7 heteroatoms. The first-order valence-electron chi connectivity index (χ1n) is 9.38. The first kappa shape index (κ1) is 19.7. The van der Waals surface area contributed by atoms with Crippen molar-refractivity contribution in [1.29, 1.82) is 0 Å². The Kier molecular flexibility index (Phi) is 6.13. The van der Waals surface area contributed by atoms with Crippen LogP contribution in [0.1, 0.15) is 48.1 Å². The number of aromatic nitrogens is 2. The van der Waals surface area contributed by atoms with Gasteiger partial charge < -0.3 is 11.1 Å². The van der Waals surface area contributed by atoms with Crippen LogP contribution in [0.3, 0.4) is 0 Å². The molecule has 0 saturated heterocycles. The Hall–Kier alpha value is -3.09. The van der Waals surface area contributed by atoms with Crippen molar-refractivity contribution >= 4 is 12.1 Å². The Morgan fingerprint density at radius 3 is 2.96 bits per heavy atom. The zero-order chi connectivity index (χ0) is 20.1. The summed E-state index contributed by atoms with van der Waals surface area (Å²) in [6, 6.07) is 0. The van der Waals surface area contributed by atoms with Gasteiger partial charge in [-0.1, -0.05) is 37.1 Å². The number of hydrogen-bond acceptors (Lipinski definition) is 5. The highest BCUT2D eigenvalue weighted by molar-refractivity contribution is 5.94. The zero-order valence-corrected chi connectivity index (χ0v) is 16.1. The minimum Gasteiger partial charge on any atom is -0.397 e. The second-order valence-corrected chi connectivity index (χ2v) is 6.83. The third-order valence-electron chi connectivity index (χ3n) is 4.69. The van der Waals surface area contributed by atoms with Gasteiger partial charge in [0, 0.05) is 24.8 Å². The number of nitrogens with zero attached hydrogens (tertiary/aromatic N) is 3. The monoisotopic (exact) mass is 381 g/mol. The summed E-state index contributed by atoms with van der Waals surface area (Å²) >= 11 is 0. The molecule has 0 radical (unpaired) electrons. The lowest BCUT2D eigenvalue weighted by atomic mass is 9.88. The van der Waals surface area contributed by atoms with Gasteiger partial charge in [-0.3, -0.25) is 9.78 Å². The van der Waals surface area contributed by atoms with E-state index in [1.54, 1.807) is 25.4 Å². The molecule has 1 amide bonds. The second-order valence-electron chi connectivity index (χ2n) is 6.83. The number of halogens is 1. The quantitative estimate of drug-likeness (QED) is 0.764. The van der Waals surface area contributed by atoms with Crippen LogP contribution in [0.5, 0.6) is 0 Å². The lowest BCUT2D eigenvalue weighted by Crippen LogP contribution is -2.30. The molecule has 2 heterocycles. The van der Waals surface area contributed by atoms with E-state index in [-0.39, 0.29) is 17.5 Å². The zero-order valence-electron chi connectivity index (χ0n) is 16.1. The number of amides is 1. The van der Waals surface area contributed by atoms with E-state index in [1.807, 2.05) is 12.2 Å². The smallest absolute Gasteiger partial charge is 0.276 e. The van der Waals surface area contributed by atoms with Gasteiger partial charge in [-0.15, -0.1) is 0 Å². The molecule has 6 nitrogen and oxygen atoms in total. The Labute approximate surface area is 163 Å². The Morgan fingerprint density at radius 2 is 2.21 bits per heavy atom.